The van der Waals surface area contributed by atoms with Crippen molar-refractivity contribution < 1.29 is 9.53 Å². The number of carbonyl (C=O) groups excluding carboxylic acids is 1. The van der Waals surface area contributed by atoms with Crippen LogP contribution in [0.15, 0.2) is 79.4 Å². The van der Waals surface area contributed by atoms with Crippen LogP contribution in [0.5, 0.6) is 5.75 Å². The van der Waals surface area contributed by atoms with Crippen molar-refractivity contribution in [3.05, 3.63) is 102 Å². The average Bonchev–Trinajstić information content (AvgIpc) is 3.47. The van der Waals surface area contributed by atoms with Gasteiger partial charge in [-0.25, -0.2) is 4.98 Å². The molecule has 1 saturated heterocycles. The second-order valence-corrected chi connectivity index (χ2v) is 9.89. The van der Waals surface area contributed by atoms with Gasteiger partial charge in [-0.1, -0.05) is 48.5 Å². The number of ether oxygens (including phenoxy) is 1. The molecule has 1 aromatic heterocycles. The molecule has 5 nitrogen and oxygen atoms in total. The van der Waals surface area contributed by atoms with E-state index in [-0.39, 0.29) is 11.8 Å². The van der Waals surface area contributed by atoms with Gasteiger partial charge in [-0.05, 0) is 74.1 Å². The van der Waals surface area contributed by atoms with E-state index in [0.717, 1.165) is 54.1 Å². The molecule has 0 radical (unpaired) electrons. The molecule has 5 heteroatoms. The van der Waals surface area contributed by atoms with Crippen LogP contribution >= 0.6 is 0 Å². The van der Waals surface area contributed by atoms with Gasteiger partial charge in [0, 0.05) is 31.1 Å². The molecule has 2 heterocycles. The highest BCUT2D eigenvalue weighted by atomic mass is 16.5. The quantitative estimate of drug-likeness (QED) is 0.181. The van der Waals surface area contributed by atoms with Crippen LogP contribution in [0.25, 0.3) is 11.0 Å². The molecule has 0 N–H and O–H groups in total. The number of unbranched alkanes of at least 4 members (excludes halogenated alkanes) is 1. The van der Waals surface area contributed by atoms with Crippen molar-refractivity contribution in [3.8, 4) is 5.75 Å². The standard InChI is InChI=1S/C32H35N3O2/c1-4-12-25-14-5-8-18-30(25)37-20-10-9-19-34-29-16-7-6-15-27(29)33-32(34)26-21-31(36)35(22-26)28-17-11-13-23(2)24(28)3/h4-8,11,13-18,26H,1,9-10,12,19-22H2,2-3H3. The first-order valence-corrected chi connectivity index (χ1v) is 13.2. The topological polar surface area (TPSA) is 47.4 Å². The highest BCUT2D eigenvalue weighted by molar-refractivity contribution is 5.97. The van der Waals surface area contributed by atoms with Crippen LogP contribution in [0.4, 0.5) is 5.69 Å². The second-order valence-electron chi connectivity index (χ2n) is 9.89. The highest BCUT2D eigenvalue weighted by Gasteiger charge is 2.35. The van der Waals surface area contributed by atoms with Gasteiger partial charge in [0.15, 0.2) is 0 Å². The third kappa shape index (κ3) is 5.17. The number of imidazole rings is 1. The Kier molecular flexibility index (Phi) is 7.40. The van der Waals surface area contributed by atoms with Crippen LogP contribution < -0.4 is 9.64 Å². The smallest absolute Gasteiger partial charge is 0.227 e. The summed E-state index contributed by atoms with van der Waals surface area (Å²) in [7, 11) is 0. The van der Waals surface area contributed by atoms with E-state index in [9.17, 15) is 4.79 Å². The van der Waals surface area contributed by atoms with Gasteiger partial charge in [-0.3, -0.25) is 4.79 Å². The third-order valence-electron chi connectivity index (χ3n) is 7.41. The molecule has 37 heavy (non-hydrogen) atoms. The summed E-state index contributed by atoms with van der Waals surface area (Å²) < 4.78 is 8.43. The van der Waals surface area contributed by atoms with Crippen molar-refractivity contribution in [1.29, 1.82) is 0 Å². The maximum atomic E-state index is 13.1. The molecule has 1 aliphatic heterocycles. The van der Waals surface area contributed by atoms with E-state index < -0.39 is 0 Å². The summed E-state index contributed by atoms with van der Waals surface area (Å²) >= 11 is 0. The molecule has 0 spiro atoms. The molecular weight excluding hydrogens is 458 g/mol. The van der Waals surface area contributed by atoms with Gasteiger partial charge in [0.2, 0.25) is 5.91 Å². The average molecular weight is 494 g/mol. The number of benzene rings is 3. The number of rotatable bonds is 10. The molecule has 0 aliphatic carbocycles. The fourth-order valence-electron chi connectivity index (χ4n) is 5.31. The summed E-state index contributed by atoms with van der Waals surface area (Å²) in [5.41, 5.74) is 6.68. The van der Waals surface area contributed by atoms with E-state index in [1.165, 1.54) is 16.7 Å². The number of nitrogens with zero attached hydrogens (tertiary/aromatic N) is 3. The first kappa shape index (κ1) is 24.8. The fourth-order valence-corrected chi connectivity index (χ4v) is 5.31. The number of aryl methyl sites for hydroxylation is 2. The van der Waals surface area contributed by atoms with Crippen LogP contribution in [-0.2, 0) is 17.8 Å². The number of anilines is 1. The highest BCUT2D eigenvalue weighted by Crippen LogP contribution is 2.35. The molecular formula is C32H35N3O2. The number of aromatic nitrogens is 2. The van der Waals surface area contributed by atoms with E-state index >= 15 is 0 Å². The van der Waals surface area contributed by atoms with E-state index in [0.29, 0.717) is 19.6 Å². The van der Waals surface area contributed by atoms with Gasteiger partial charge in [0.05, 0.1) is 17.6 Å². The number of hydrogen-bond acceptors (Lipinski definition) is 3. The van der Waals surface area contributed by atoms with Gasteiger partial charge in [0.1, 0.15) is 11.6 Å². The second kappa shape index (κ2) is 11.0. The Balaban J connectivity index is 1.30. The molecule has 1 aliphatic rings. The third-order valence-corrected chi connectivity index (χ3v) is 7.41. The molecule has 0 saturated carbocycles. The summed E-state index contributed by atoms with van der Waals surface area (Å²) in [6, 6.07) is 22.6. The lowest BCUT2D eigenvalue weighted by molar-refractivity contribution is -0.117. The summed E-state index contributed by atoms with van der Waals surface area (Å²) in [5, 5.41) is 0. The number of amides is 1. The van der Waals surface area contributed by atoms with Crippen molar-refractivity contribution in [2.75, 3.05) is 18.1 Å². The van der Waals surface area contributed by atoms with Crippen molar-refractivity contribution in [1.82, 2.24) is 9.55 Å². The minimum Gasteiger partial charge on any atom is -0.493 e. The Labute approximate surface area is 219 Å². The predicted octanol–water partition coefficient (Wildman–Crippen LogP) is 6.76. The summed E-state index contributed by atoms with van der Waals surface area (Å²) in [6.45, 7) is 10.2. The Morgan fingerprint density at radius 3 is 2.70 bits per heavy atom. The summed E-state index contributed by atoms with van der Waals surface area (Å²) in [6.07, 6.45) is 5.10. The van der Waals surface area contributed by atoms with Crippen LogP contribution in [0.1, 0.15) is 47.7 Å². The molecule has 190 valence electrons. The lowest BCUT2D eigenvalue weighted by Crippen LogP contribution is -2.25. The first-order valence-electron chi connectivity index (χ1n) is 13.2. The van der Waals surface area contributed by atoms with Crippen LogP contribution in [0.2, 0.25) is 0 Å². The van der Waals surface area contributed by atoms with E-state index in [1.54, 1.807) is 0 Å². The molecule has 1 unspecified atom stereocenters. The first-order chi connectivity index (χ1) is 18.1. The minimum absolute atomic E-state index is 0.0712. The van der Waals surface area contributed by atoms with Gasteiger partial charge >= 0.3 is 0 Å². The largest absolute Gasteiger partial charge is 0.493 e. The van der Waals surface area contributed by atoms with E-state index in [2.05, 4.69) is 61.4 Å². The minimum atomic E-state index is 0.0712. The lowest BCUT2D eigenvalue weighted by atomic mass is 10.1. The zero-order valence-corrected chi connectivity index (χ0v) is 21.8. The van der Waals surface area contributed by atoms with E-state index in [4.69, 9.17) is 9.72 Å². The van der Waals surface area contributed by atoms with Gasteiger partial charge in [-0.15, -0.1) is 6.58 Å². The summed E-state index contributed by atoms with van der Waals surface area (Å²) in [4.78, 5) is 20.1. The number of allylic oxidation sites excluding steroid dienone is 1. The molecule has 1 amide bonds. The van der Waals surface area contributed by atoms with Crippen molar-refractivity contribution in [3.63, 3.8) is 0 Å². The predicted molar refractivity (Wildman–Crippen MR) is 150 cm³/mol. The maximum absolute atomic E-state index is 13.1. The lowest BCUT2D eigenvalue weighted by Gasteiger charge is -2.20. The Morgan fingerprint density at radius 1 is 1.03 bits per heavy atom. The number of fused-ring (bicyclic) bond motifs is 1. The molecule has 3 aromatic carbocycles. The molecule has 4 aromatic rings. The molecule has 1 fully saturated rings. The van der Waals surface area contributed by atoms with Crippen LogP contribution in [0.3, 0.4) is 0 Å². The van der Waals surface area contributed by atoms with Crippen LogP contribution in [0, 0.1) is 13.8 Å². The number of hydrogen-bond donors (Lipinski definition) is 0. The van der Waals surface area contributed by atoms with Crippen molar-refractivity contribution in [2.24, 2.45) is 0 Å². The Hall–Kier alpha value is -3.86. The zero-order valence-electron chi connectivity index (χ0n) is 21.8. The summed E-state index contributed by atoms with van der Waals surface area (Å²) in [5.74, 6) is 2.19. The molecule has 5 rings (SSSR count). The van der Waals surface area contributed by atoms with Gasteiger partial charge in [0.25, 0.3) is 0 Å². The molecule has 1 atom stereocenters. The van der Waals surface area contributed by atoms with E-state index in [1.807, 2.05) is 41.3 Å². The number of carbonyl (C=O) groups is 1. The molecule has 0 bridgehead atoms. The SMILES string of the molecule is C=CCc1ccccc1OCCCCn1c(C2CC(=O)N(c3cccc(C)c3C)C2)nc2ccccc21. The maximum Gasteiger partial charge on any atom is 0.227 e. The van der Waals surface area contributed by atoms with Crippen LogP contribution in [-0.4, -0.2) is 28.6 Å². The van der Waals surface area contributed by atoms with Gasteiger partial charge < -0.3 is 14.2 Å². The Morgan fingerprint density at radius 2 is 1.84 bits per heavy atom. The Bertz CT molecular complexity index is 1420. The normalized spacial score (nSPS) is 15.5. The van der Waals surface area contributed by atoms with Crippen molar-refractivity contribution in [2.45, 2.75) is 52.0 Å². The number of para-hydroxylation sites is 3. The zero-order chi connectivity index (χ0) is 25.8. The van der Waals surface area contributed by atoms with Crippen molar-refractivity contribution >= 4 is 22.6 Å². The van der Waals surface area contributed by atoms with Gasteiger partial charge in [-0.2, -0.15) is 0 Å². The fraction of sp³-hybridized carbons (Fsp3) is 0.312. The monoisotopic (exact) mass is 493 g/mol.